The van der Waals surface area contributed by atoms with Crippen LogP contribution in [0, 0.1) is 5.92 Å². The van der Waals surface area contributed by atoms with Gasteiger partial charge in [0, 0.05) is 24.6 Å². The summed E-state index contributed by atoms with van der Waals surface area (Å²) in [5, 5.41) is 9.82. The van der Waals surface area contributed by atoms with Crippen molar-refractivity contribution in [2.75, 3.05) is 13.1 Å². The van der Waals surface area contributed by atoms with E-state index in [1.807, 2.05) is 24.3 Å². The molecule has 1 saturated heterocycles. The zero-order valence-corrected chi connectivity index (χ0v) is 13.9. The van der Waals surface area contributed by atoms with Crippen LogP contribution >= 0.6 is 0 Å². The number of hydrogen-bond acceptors (Lipinski definition) is 3. The Kier molecular flexibility index (Phi) is 5.42. The van der Waals surface area contributed by atoms with Gasteiger partial charge in [0.05, 0.1) is 5.60 Å². The van der Waals surface area contributed by atoms with Crippen molar-refractivity contribution in [1.29, 1.82) is 0 Å². The van der Waals surface area contributed by atoms with Gasteiger partial charge in [0.2, 0.25) is 5.91 Å². The molecule has 0 radical (unpaired) electrons. The van der Waals surface area contributed by atoms with Crippen LogP contribution in [0.1, 0.15) is 49.0 Å². The SMILES string of the molecule is CC(C)(O)CCc1cccc(C(=O)N2CCC(C(N)=O)CC2)c1. The summed E-state index contributed by atoms with van der Waals surface area (Å²) in [5.74, 6) is -0.388. The zero-order valence-electron chi connectivity index (χ0n) is 13.9. The van der Waals surface area contributed by atoms with Gasteiger partial charge in [0.15, 0.2) is 0 Å². The Morgan fingerprint density at radius 2 is 1.96 bits per heavy atom. The fourth-order valence-corrected chi connectivity index (χ4v) is 2.86. The van der Waals surface area contributed by atoms with E-state index in [1.54, 1.807) is 18.7 Å². The van der Waals surface area contributed by atoms with E-state index in [4.69, 9.17) is 5.73 Å². The number of carbonyl (C=O) groups excluding carboxylic acids is 2. The van der Waals surface area contributed by atoms with Crippen molar-refractivity contribution in [2.24, 2.45) is 11.7 Å². The Balaban J connectivity index is 1.99. The summed E-state index contributed by atoms with van der Waals surface area (Å²) >= 11 is 0. The molecule has 0 aromatic heterocycles. The number of hydrogen-bond donors (Lipinski definition) is 2. The lowest BCUT2D eigenvalue weighted by molar-refractivity contribution is -0.123. The maximum absolute atomic E-state index is 12.6. The number of carbonyl (C=O) groups is 2. The van der Waals surface area contributed by atoms with Crippen molar-refractivity contribution in [3.8, 4) is 0 Å². The van der Waals surface area contributed by atoms with Gasteiger partial charge in [0.1, 0.15) is 0 Å². The fourth-order valence-electron chi connectivity index (χ4n) is 2.86. The van der Waals surface area contributed by atoms with Crippen LogP contribution in [-0.2, 0) is 11.2 Å². The van der Waals surface area contributed by atoms with Gasteiger partial charge >= 0.3 is 0 Å². The lowest BCUT2D eigenvalue weighted by atomic mass is 9.95. The van der Waals surface area contributed by atoms with Gasteiger partial charge in [-0.1, -0.05) is 12.1 Å². The maximum atomic E-state index is 12.6. The molecular formula is C18H26N2O3. The summed E-state index contributed by atoms with van der Waals surface area (Å²) in [4.78, 5) is 25.6. The highest BCUT2D eigenvalue weighted by atomic mass is 16.3. The van der Waals surface area contributed by atoms with Gasteiger partial charge < -0.3 is 15.7 Å². The highest BCUT2D eigenvalue weighted by molar-refractivity contribution is 5.94. The highest BCUT2D eigenvalue weighted by Gasteiger charge is 2.26. The van der Waals surface area contributed by atoms with Crippen molar-refractivity contribution < 1.29 is 14.7 Å². The number of aryl methyl sites for hydroxylation is 1. The molecule has 1 fully saturated rings. The van der Waals surface area contributed by atoms with Gasteiger partial charge in [0.25, 0.3) is 5.91 Å². The molecule has 5 heteroatoms. The largest absolute Gasteiger partial charge is 0.390 e. The molecule has 1 aliphatic heterocycles. The van der Waals surface area contributed by atoms with Crippen LogP contribution in [-0.4, -0.2) is 40.5 Å². The summed E-state index contributed by atoms with van der Waals surface area (Å²) in [5.41, 5.74) is 6.32. The highest BCUT2D eigenvalue weighted by Crippen LogP contribution is 2.20. The van der Waals surface area contributed by atoms with Crippen LogP contribution in [0.25, 0.3) is 0 Å². The molecule has 1 aliphatic rings. The first kappa shape index (κ1) is 17.5. The zero-order chi connectivity index (χ0) is 17.0. The summed E-state index contributed by atoms with van der Waals surface area (Å²) in [6.45, 7) is 4.70. The van der Waals surface area contributed by atoms with Crippen LogP contribution < -0.4 is 5.73 Å². The lowest BCUT2D eigenvalue weighted by Gasteiger charge is -2.30. The normalized spacial score (nSPS) is 16.4. The Morgan fingerprint density at radius 3 is 2.52 bits per heavy atom. The molecule has 126 valence electrons. The standard InChI is InChI=1S/C18H26N2O3/c1-18(2,23)9-6-13-4-3-5-15(12-13)17(22)20-10-7-14(8-11-20)16(19)21/h3-5,12,14,23H,6-11H2,1-2H3,(H2,19,21). The first-order valence-electron chi connectivity index (χ1n) is 8.16. The lowest BCUT2D eigenvalue weighted by Crippen LogP contribution is -2.41. The molecule has 0 atom stereocenters. The van der Waals surface area contributed by atoms with E-state index in [1.165, 1.54) is 0 Å². The molecular weight excluding hydrogens is 292 g/mol. The quantitative estimate of drug-likeness (QED) is 0.867. The van der Waals surface area contributed by atoms with Gasteiger partial charge in [-0.15, -0.1) is 0 Å². The number of rotatable bonds is 5. The summed E-state index contributed by atoms with van der Waals surface area (Å²) < 4.78 is 0. The molecule has 0 bridgehead atoms. The molecule has 0 saturated carbocycles. The number of nitrogens with zero attached hydrogens (tertiary/aromatic N) is 1. The average molecular weight is 318 g/mol. The smallest absolute Gasteiger partial charge is 0.253 e. The van der Waals surface area contributed by atoms with Crippen LogP contribution in [0.4, 0.5) is 0 Å². The van der Waals surface area contributed by atoms with Crippen LogP contribution in [0.15, 0.2) is 24.3 Å². The second-order valence-corrected chi connectivity index (χ2v) is 6.98. The molecule has 2 amide bonds. The van der Waals surface area contributed by atoms with Gasteiger partial charge in [-0.05, 0) is 57.2 Å². The van der Waals surface area contributed by atoms with Crippen molar-refractivity contribution in [1.82, 2.24) is 4.90 Å². The molecule has 2 rings (SSSR count). The van der Waals surface area contributed by atoms with E-state index in [-0.39, 0.29) is 17.7 Å². The topological polar surface area (TPSA) is 83.6 Å². The average Bonchev–Trinajstić information content (AvgIpc) is 2.52. The minimum Gasteiger partial charge on any atom is -0.390 e. The Bertz CT molecular complexity index is 570. The predicted molar refractivity (Wildman–Crippen MR) is 88.9 cm³/mol. The molecule has 23 heavy (non-hydrogen) atoms. The summed E-state index contributed by atoms with van der Waals surface area (Å²) in [6, 6.07) is 7.56. The third kappa shape index (κ3) is 5.06. The molecule has 5 nitrogen and oxygen atoms in total. The van der Waals surface area contributed by atoms with Crippen molar-refractivity contribution in [3.63, 3.8) is 0 Å². The molecule has 0 spiro atoms. The number of benzene rings is 1. The van der Waals surface area contributed by atoms with E-state index in [0.29, 0.717) is 37.9 Å². The molecule has 1 aromatic carbocycles. The Labute approximate surface area is 137 Å². The first-order valence-corrected chi connectivity index (χ1v) is 8.16. The van der Waals surface area contributed by atoms with Crippen molar-refractivity contribution >= 4 is 11.8 Å². The van der Waals surface area contributed by atoms with Crippen LogP contribution in [0.2, 0.25) is 0 Å². The first-order chi connectivity index (χ1) is 10.8. The Morgan fingerprint density at radius 1 is 1.30 bits per heavy atom. The predicted octanol–water partition coefficient (Wildman–Crippen LogP) is 1.73. The Hall–Kier alpha value is -1.88. The third-order valence-corrected chi connectivity index (χ3v) is 4.38. The second kappa shape index (κ2) is 7.13. The van der Waals surface area contributed by atoms with Gasteiger partial charge in [-0.25, -0.2) is 0 Å². The van der Waals surface area contributed by atoms with E-state index < -0.39 is 5.60 Å². The monoisotopic (exact) mass is 318 g/mol. The number of nitrogens with two attached hydrogens (primary N) is 1. The second-order valence-electron chi connectivity index (χ2n) is 6.98. The van der Waals surface area contributed by atoms with Crippen molar-refractivity contribution in [2.45, 2.75) is 45.1 Å². The number of likely N-dealkylation sites (tertiary alicyclic amines) is 1. The molecule has 0 unspecified atom stereocenters. The van der Waals surface area contributed by atoms with Gasteiger partial charge in [-0.2, -0.15) is 0 Å². The molecule has 1 aromatic rings. The molecule has 0 aliphatic carbocycles. The van der Waals surface area contributed by atoms with Crippen LogP contribution in [0.3, 0.4) is 0 Å². The number of piperidine rings is 1. The summed E-state index contributed by atoms with van der Waals surface area (Å²) in [6.07, 6.45) is 2.65. The number of amides is 2. The van der Waals surface area contributed by atoms with Gasteiger partial charge in [-0.3, -0.25) is 9.59 Å². The van der Waals surface area contributed by atoms with E-state index >= 15 is 0 Å². The van der Waals surface area contributed by atoms with Crippen LogP contribution in [0.5, 0.6) is 0 Å². The molecule has 3 N–H and O–H groups in total. The number of primary amides is 1. The minimum absolute atomic E-state index is 0.00182. The van der Waals surface area contributed by atoms with Crippen molar-refractivity contribution in [3.05, 3.63) is 35.4 Å². The third-order valence-electron chi connectivity index (χ3n) is 4.38. The van der Waals surface area contributed by atoms with E-state index in [9.17, 15) is 14.7 Å². The van der Waals surface area contributed by atoms with E-state index in [0.717, 1.165) is 12.0 Å². The minimum atomic E-state index is -0.712. The maximum Gasteiger partial charge on any atom is 0.253 e. The fraction of sp³-hybridized carbons (Fsp3) is 0.556. The molecule has 1 heterocycles. The summed E-state index contributed by atoms with van der Waals surface area (Å²) in [7, 11) is 0. The van der Waals surface area contributed by atoms with E-state index in [2.05, 4.69) is 0 Å². The number of aliphatic hydroxyl groups is 1.